The molecule has 0 spiro atoms. The maximum absolute atomic E-state index is 12.3. The zero-order chi connectivity index (χ0) is 19.5. The van der Waals surface area contributed by atoms with E-state index in [1.807, 2.05) is 30.3 Å². The van der Waals surface area contributed by atoms with Crippen molar-refractivity contribution >= 4 is 28.7 Å². The van der Waals surface area contributed by atoms with E-state index < -0.39 is 0 Å². The van der Waals surface area contributed by atoms with Crippen LogP contribution in [0, 0.1) is 0 Å². The number of aryl methyl sites for hydroxylation is 1. The van der Waals surface area contributed by atoms with Gasteiger partial charge in [0.2, 0.25) is 5.91 Å². The summed E-state index contributed by atoms with van der Waals surface area (Å²) in [4.78, 5) is 24.4. The molecule has 142 valence electrons. The predicted octanol–water partition coefficient (Wildman–Crippen LogP) is 2.38. The van der Waals surface area contributed by atoms with Crippen LogP contribution in [-0.2, 0) is 18.4 Å². The highest BCUT2D eigenvalue weighted by Crippen LogP contribution is 2.19. The SMILES string of the molecule is Cn1c(C(=O)NCC(=O)Nc2ccn(Cc3ccccc3)n2)cc2occc21. The molecule has 0 radical (unpaired) electrons. The molecule has 3 heterocycles. The Balaban J connectivity index is 1.31. The van der Waals surface area contributed by atoms with Crippen molar-refractivity contribution < 1.29 is 14.0 Å². The van der Waals surface area contributed by atoms with Gasteiger partial charge in [-0.1, -0.05) is 30.3 Å². The first kappa shape index (κ1) is 17.6. The maximum Gasteiger partial charge on any atom is 0.268 e. The fourth-order valence-corrected chi connectivity index (χ4v) is 2.99. The molecule has 1 aromatic carbocycles. The zero-order valence-electron chi connectivity index (χ0n) is 15.3. The molecule has 0 bridgehead atoms. The van der Waals surface area contributed by atoms with Gasteiger partial charge in [-0.05, 0) is 5.56 Å². The molecule has 0 unspecified atom stereocenters. The summed E-state index contributed by atoms with van der Waals surface area (Å²) >= 11 is 0. The lowest BCUT2D eigenvalue weighted by Gasteiger charge is -2.06. The van der Waals surface area contributed by atoms with Crippen LogP contribution < -0.4 is 10.6 Å². The summed E-state index contributed by atoms with van der Waals surface area (Å²) in [6.45, 7) is 0.457. The Morgan fingerprint density at radius 2 is 1.96 bits per heavy atom. The van der Waals surface area contributed by atoms with Gasteiger partial charge in [0.25, 0.3) is 5.91 Å². The highest BCUT2D eigenvalue weighted by Gasteiger charge is 2.16. The van der Waals surface area contributed by atoms with Gasteiger partial charge in [-0.3, -0.25) is 14.3 Å². The lowest BCUT2D eigenvalue weighted by molar-refractivity contribution is -0.115. The van der Waals surface area contributed by atoms with E-state index in [4.69, 9.17) is 4.42 Å². The first-order valence-corrected chi connectivity index (χ1v) is 8.78. The Labute approximate surface area is 160 Å². The number of furan rings is 1. The van der Waals surface area contributed by atoms with Gasteiger partial charge in [-0.15, -0.1) is 0 Å². The van der Waals surface area contributed by atoms with Crippen LogP contribution in [0.3, 0.4) is 0 Å². The highest BCUT2D eigenvalue weighted by atomic mass is 16.3. The summed E-state index contributed by atoms with van der Waals surface area (Å²) in [5.74, 6) is -0.263. The van der Waals surface area contributed by atoms with Crippen LogP contribution in [0.25, 0.3) is 11.1 Å². The lowest BCUT2D eigenvalue weighted by atomic mass is 10.2. The average molecular weight is 377 g/mol. The van der Waals surface area contributed by atoms with Crippen LogP contribution in [-0.4, -0.2) is 32.7 Å². The van der Waals surface area contributed by atoms with Crippen LogP contribution in [0.5, 0.6) is 0 Å². The Morgan fingerprint density at radius 1 is 1.14 bits per heavy atom. The summed E-state index contributed by atoms with van der Waals surface area (Å²) < 4.78 is 8.75. The molecule has 2 amide bonds. The number of hydrogen-bond acceptors (Lipinski definition) is 4. The molecule has 0 saturated carbocycles. The summed E-state index contributed by atoms with van der Waals surface area (Å²) in [6, 6.07) is 15.1. The normalized spacial score (nSPS) is 10.9. The van der Waals surface area contributed by atoms with Crippen LogP contribution in [0.15, 0.2) is 65.4 Å². The van der Waals surface area contributed by atoms with E-state index in [0.717, 1.165) is 11.1 Å². The van der Waals surface area contributed by atoms with Gasteiger partial charge in [-0.2, -0.15) is 5.10 Å². The maximum atomic E-state index is 12.3. The van der Waals surface area contributed by atoms with E-state index in [1.54, 1.807) is 47.0 Å². The number of hydrogen-bond donors (Lipinski definition) is 2. The zero-order valence-corrected chi connectivity index (χ0v) is 15.3. The van der Waals surface area contributed by atoms with E-state index in [1.165, 1.54) is 0 Å². The standard InChI is InChI=1S/C20H19N5O3/c1-24-15-8-10-28-17(15)11-16(24)20(27)21-12-19(26)22-18-7-9-25(23-18)13-14-5-3-2-4-6-14/h2-11H,12-13H2,1H3,(H,21,27)(H,22,23,26). The third kappa shape index (κ3) is 3.66. The van der Waals surface area contributed by atoms with Crippen molar-refractivity contribution in [3.8, 4) is 0 Å². The van der Waals surface area contributed by atoms with Gasteiger partial charge >= 0.3 is 0 Å². The van der Waals surface area contributed by atoms with E-state index in [-0.39, 0.29) is 18.4 Å². The quantitative estimate of drug-likeness (QED) is 0.539. The van der Waals surface area contributed by atoms with Crippen molar-refractivity contribution in [3.05, 3.63) is 72.2 Å². The number of aromatic nitrogens is 3. The smallest absolute Gasteiger partial charge is 0.268 e. The van der Waals surface area contributed by atoms with E-state index >= 15 is 0 Å². The molecule has 0 aliphatic carbocycles. The number of carbonyl (C=O) groups excluding carboxylic acids is 2. The largest absolute Gasteiger partial charge is 0.463 e. The average Bonchev–Trinajstić information content (AvgIpc) is 3.39. The summed E-state index contributed by atoms with van der Waals surface area (Å²) in [6.07, 6.45) is 3.36. The van der Waals surface area contributed by atoms with Crippen molar-refractivity contribution in [2.45, 2.75) is 6.54 Å². The number of fused-ring (bicyclic) bond motifs is 1. The first-order chi connectivity index (χ1) is 13.6. The van der Waals surface area contributed by atoms with Gasteiger partial charge < -0.3 is 19.6 Å². The van der Waals surface area contributed by atoms with Crippen LogP contribution in [0.1, 0.15) is 16.1 Å². The van der Waals surface area contributed by atoms with Crippen LogP contribution in [0.2, 0.25) is 0 Å². The number of nitrogens with one attached hydrogen (secondary N) is 2. The second kappa shape index (κ2) is 7.43. The Morgan fingerprint density at radius 3 is 2.75 bits per heavy atom. The molecule has 0 fully saturated rings. The Hall–Kier alpha value is -3.81. The number of amides is 2. The topological polar surface area (TPSA) is 94.1 Å². The van der Waals surface area contributed by atoms with Crippen LogP contribution >= 0.6 is 0 Å². The monoisotopic (exact) mass is 377 g/mol. The molecule has 0 aliphatic heterocycles. The van der Waals surface area contributed by atoms with Gasteiger partial charge in [0.1, 0.15) is 5.69 Å². The van der Waals surface area contributed by atoms with E-state index in [0.29, 0.717) is 23.6 Å². The van der Waals surface area contributed by atoms with E-state index in [2.05, 4.69) is 15.7 Å². The third-order valence-corrected chi connectivity index (χ3v) is 4.40. The van der Waals surface area contributed by atoms with Gasteiger partial charge in [-0.25, -0.2) is 0 Å². The summed E-state index contributed by atoms with van der Waals surface area (Å²) in [7, 11) is 1.77. The van der Waals surface area contributed by atoms with Crippen LogP contribution in [0.4, 0.5) is 5.82 Å². The minimum absolute atomic E-state index is 0.156. The fraction of sp³-hybridized carbons (Fsp3) is 0.150. The van der Waals surface area contributed by atoms with Crippen molar-refractivity contribution in [3.63, 3.8) is 0 Å². The second-order valence-corrected chi connectivity index (χ2v) is 6.37. The summed E-state index contributed by atoms with van der Waals surface area (Å²) in [5, 5.41) is 9.61. The van der Waals surface area contributed by atoms with E-state index in [9.17, 15) is 9.59 Å². The van der Waals surface area contributed by atoms with Crippen molar-refractivity contribution in [2.75, 3.05) is 11.9 Å². The van der Waals surface area contributed by atoms with Gasteiger partial charge in [0.05, 0.1) is 24.9 Å². The molecule has 2 N–H and O–H groups in total. The number of carbonyl (C=O) groups is 2. The molecule has 3 aromatic heterocycles. The third-order valence-electron chi connectivity index (χ3n) is 4.40. The van der Waals surface area contributed by atoms with Crippen molar-refractivity contribution in [2.24, 2.45) is 7.05 Å². The number of anilines is 1. The molecule has 28 heavy (non-hydrogen) atoms. The molecule has 4 rings (SSSR count). The Bertz CT molecular complexity index is 1120. The fourth-order valence-electron chi connectivity index (χ4n) is 2.99. The predicted molar refractivity (Wildman–Crippen MR) is 104 cm³/mol. The molecular weight excluding hydrogens is 358 g/mol. The molecule has 4 aromatic rings. The second-order valence-electron chi connectivity index (χ2n) is 6.37. The molecule has 0 aliphatic rings. The highest BCUT2D eigenvalue weighted by molar-refractivity contribution is 6.00. The van der Waals surface area contributed by atoms with Gasteiger partial charge in [0, 0.05) is 31.4 Å². The summed E-state index contributed by atoms with van der Waals surface area (Å²) in [5.41, 5.74) is 2.98. The molecule has 8 heteroatoms. The lowest BCUT2D eigenvalue weighted by Crippen LogP contribution is -2.33. The van der Waals surface area contributed by atoms with Crippen molar-refractivity contribution in [1.82, 2.24) is 19.7 Å². The number of benzene rings is 1. The number of nitrogens with zero attached hydrogens (tertiary/aromatic N) is 3. The minimum Gasteiger partial charge on any atom is -0.463 e. The molecule has 0 saturated heterocycles. The first-order valence-electron chi connectivity index (χ1n) is 8.78. The molecule has 8 nitrogen and oxygen atoms in total. The van der Waals surface area contributed by atoms with Crippen molar-refractivity contribution in [1.29, 1.82) is 0 Å². The minimum atomic E-state index is -0.351. The molecular formula is C20H19N5O3. The van der Waals surface area contributed by atoms with Gasteiger partial charge in [0.15, 0.2) is 11.4 Å². The number of rotatable bonds is 6. The molecule has 0 atom stereocenters. The Kier molecular flexibility index (Phi) is 4.67.